The molecular formula is C15H17NO3. The highest BCUT2D eigenvalue weighted by Gasteiger charge is 2.44. The number of rotatable bonds is 1. The highest BCUT2D eigenvalue weighted by atomic mass is 16.3. The van der Waals surface area contributed by atoms with Crippen LogP contribution in [0.5, 0.6) is 0 Å². The first-order chi connectivity index (χ1) is 9.00. The summed E-state index contributed by atoms with van der Waals surface area (Å²) < 4.78 is 0. The summed E-state index contributed by atoms with van der Waals surface area (Å²) in [6.07, 6.45) is 1.82. The van der Waals surface area contributed by atoms with E-state index in [1.165, 1.54) is 4.90 Å². The second kappa shape index (κ2) is 4.17. The standard InChI is InChI=1S/C15H17NO3/c1-8-6-9(2)13-11(7-8)16(15(19)14(13)18)10-4-3-5-12(10)17/h6-7,10,12,17H,3-5H2,1-2H3/t10-,12-/m0/s1. The molecule has 1 heterocycles. The Labute approximate surface area is 112 Å². The third kappa shape index (κ3) is 1.70. The molecule has 1 N–H and O–H groups in total. The number of aryl methyl sites for hydroxylation is 2. The van der Waals surface area contributed by atoms with Crippen LogP contribution in [0.25, 0.3) is 0 Å². The van der Waals surface area contributed by atoms with Crippen LogP contribution >= 0.6 is 0 Å². The number of carbonyl (C=O) groups excluding carboxylic acids is 2. The van der Waals surface area contributed by atoms with Gasteiger partial charge in [0.1, 0.15) is 0 Å². The molecule has 1 aliphatic carbocycles. The molecule has 0 unspecified atom stereocenters. The lowest BCUT2D eigenvalue weighted by Crippen LogP contribution is -2.43. The van der Waals surface area contributed by atoms with Crippen molar-refractivity contribution < 1.29 is 14.7 Å². The number of Topliss-reactive ketones (excluding diaryl/α,β-unsaturated/α-hetero) is 1. The van der Waals surface area contributed by atoms with Gasteiger partial charge in [0.15, 0.2) is 0 Å². The monoisotopic (exact) mass is 259 g/mol. The number of anilines is 1. The maximum atomic E-state index is 12.2. The van der Waals surface area contributed by atoms with Crippen LogP contribution in [-0.2, 0) is 4.79 Å². The van der Waals surface area contributed by atoms with E-state index >= 15 is 0 Å². The van der Waals surface area contributed by atoms with Crippen LogP contribution in [0.2, 0.25) is 0 Å². The van der Waals surface area contributed by atoms with Gasteiger partial charge in [0, 0.05) is 0 Å². The first-order valence-corrected chi connectivity index (χ1v) is 6.68. The number of hydrogen-bond acceptors (Lipinski definition) is 3. The molecule has 1 amide bonds. The number of hydrogen-bond donors (Lipinski definition) is 1. The SMILES string of the molecule is Cc1cc(C)c2c(c1)N([C@H]1CCC[C@@H]1O)C(=O)C2=O. The summed E-state index contributed by atoms with van der Waals surface area (Å²) in [6.45, 7) is 3.80. The zero-order valence-corrected chi connectivity index (χ0v) is 11.1. The van der Waals surface area contributed by atoms with E-state index in [-0.39, 0.29) is 6.04 Å². The lowest BCUT2D eigenvalue weighted by Gasteiger charge is -2.27. The summed E-state index contributed by atoms with van der Waals surface area (Å²) >= 11 is 0. The van der Waals surface area contributed by atoms with E-state index in [1.54, 1.807) is 0 Å². The van der Waals surface area contributed by atoms with Crippen LogP contribution in [0.15, 0.2) is 12.1 Å². The molecule has 2 atom stereocenters. The van der Waals surface area contributed by atoms with Crippen LogP contribution < -0.4 is 4.90 Å². The number of ketones is 1. The summed E-state index contributed by atoms with van der Waals surface area (Å²) in [6, 6.07) is 3.54. The molecule has 0 spiro atoms. The average Bonchev–Trinajstić information content (AvgIpc) is 2.83. The van der Waals surface area contributed by atoms with Crippen molar-refractivity contribution in [2.45, 2.75) is 45.3 Å². The van der Waals surface area contributed by atoms with Crippen molar-refractivity contribution in [3.8, 4) is 0 Å². The summed E-state index contributed by atoms with van der Waals surface area (Å²) in [5.41, 5.74) is 3.05. The molecular weight excluding hydrogens is 242 g/mol. The third-order valence-corrected chi connectivity index (χ3v) is 4.13. The minimum absolute atomic E-state index is 0.251. The molecule has 1 aromatic carbocycles. The fourth-order valence-electron chi connectivity index (χ4n) is 3.31. The molecule has 0 aromatic heterocycles. The number of amides is 1. The lowest BCUT2D eigenvalue weighted by molar-refractivity contribution is -0.115. The van der Waals surface area contributed by atoms with Gasteiger partial charge in [0.25, 0.3) is 11.7 Å². The van der Waals surface area contributed by atoms with E-state index in [2.05, 4.69) is 0 Å². The molecule has 100 valence electrons. The molecule has 4 nitrogen and oxygen atoms in total. The number of aliphatic hydroxyl groups is 1. The van der Waals surface area contributed by atoms with E-state index < -0.39 is 17.8 Å². The van der Waals surface area contributed by atoms with Gasteiger partial charge in [-0.25, -0.2) is 0 Å². The molecule has 19 heavy (non-hydrogen) atoms. The number of carbonyl (C=O) groups is 2. The Morgan fingerprint density at radius 3 is 2.58 bits per heavy atom. The van der Waals surface area contributed by atoms with Gasteiger partial charge in [-0.3, -0.25) is 14.5 Å². The van der Waals surface area contributed by atoms with Crippen molar-refractivity contribution in [1.82, 2.24) is 0 Å². The maximum Gasteiger partial charge on any atom is 0.299 e. The summed E-state index contributed by atoms with van der Waals surface area (Å²) in [5.74, 6) is -0.929. The molecule has 0 saturated heterocycles. The maximum absolute atomic E-state index is 12.2. The third-order valence-electron chi connectivity index (χ3n) is 4.13. The van der Waals surface area contributed by atoms with Gasteiger partial charge in [-0.15, -0.1) is 0 Å². The van der Waals surface area contributed by atoms with Gasteiger partial charge >= 0.3 is 0 Å². The molecule has 0 radical (unpaired) electrons. The predicted molar refractivity (Wildman–Crippen MR) is 71.4 cm³/mol. The Bertz CT molecular complexity index is 579. The highest BCUT2D eigenvalue weighted by Crippen LogP contribution is 2.38. The van der Waals surface area contributed by atoms with Crippen LogP contribution in [0.3, 0.4) is 0 Å². The zero-order chi connectivity index (χ0) is 13.7. The van der Waals surface area contributed by atoms with Gasteiger partial charge in [-0.2, -0.15) is 0 Å². The number of benzene rings is 1. The van der Waals surface area contributed by atoms with Crippen molar-refractivity contribution in [3.05, 3.63) is 28.8 Å². The molecule has 3 rings (SSSR count). The second-order valence-corrected chi connectivity index (χ2v) is 5.55. The normalized spacial score (nSPS) is 26.2. The first-order valence-electron chi connectivity index (χ1n) is 6.68. The van der Waals surface area contributed by atoms with Crippen molar-refractivity contribution in [3.63, 3.8) is 0 Å². The summed E-state index contributed by atoms with van der Waals surface area (Å²) in [7, 11) is 0. The fraction of sp³-hybridized carbons (Fsp3) is 0.467. The second-order valence-electron chi connectivity index (χ2n) is 5.55. The Kier molecular flexibility index (Phi) is 2.71. The number of aliphatic hydroxyl groups excluding tert-OH is 1. The summed E-state index contributed by atoms with van der Waals surface area (Å²) in [4.78, 5) is 25.9. The Morgan fingerprint density at radius 2 is 1.95 bits per heavy atom. The van der Waals surface area contributed by atoms with E-state index in [9.17, 15) is 14.7 Å². The smallest absolute Gasteiger partial charge is 0.299 e. The van der Waals surface area contributed by atoms with Gasteiger partial charge < -0.3 is 5.11 Å². The van der Waals surface area contributed by atoms with Crippen molar-refractivity contribution in [2.24, 2.45) is 0 Å². The van der Waals surface area contributed by atoms with Gasteiger partial charge in [-0.1, -0.05) is 6.07 Å². The average molecular weight is 259 g/mol. The van der Waals surface area contributed by atoms with E-state index in [0.717, 1.165) is 24.0 Å². The van der Waals surface area contributed by atoms with Crippen LogP contribution in [-0.4, -0.2) is 28.9 Å². The Morgan fingerprint density at radius 1 is 1.21 bits per heavy atom. The van der Waals surface area contributed by atoms with E-state index in [4.69, 9.17) is 0 Å². The number of fused-ring (bicyclic) bond motifs is 1. The van der Waals surface area contributed by atoms with Crippen LogP contribution in [0, 0.1) is 13.8 Å². The highest BCUT2D eigenvalue weighted by molar-refractivity contribution is 6.52. The summed E-state index contributed by atoms with van der Waals surface area (Å²) in [5, 5.41) is 10.0. The van der Waals surface area contributed by atoms with E-state index in [0.29, 0.717) is 17.7 Å². The van der Waals surface area contributed by atoms with Crippen molar-refractivity contribution >= 4 is 17.4 Å². The van der Waals surface area contributed by atoms with Crippen LogP contribution in [0.4, 0.5) is 5.69 Å². The molecule has 1 saturated carbocycles. The fourth-order valence-corrected chi connectivity index (χ4v) is 3.31. The van der Waals surface area contributed by atoms with Crippen LogP contribution in [0.1, 0.15) is 40.7 Å². The molecule has 0 bridgehead atoms. The zero-order valence-electron chi connectivity index (χ0n) is 11.1. The number of nitrogens with zero attached hydrogens (tertiary/aromatic N) is 1. The van der Waals surface area contributed by atoms with E-state index in [1.807, 2.05) is 26.0 Å². The van der Waals surface area contributed by atoms with Gasteiger partial charge in [0.05, 0.1) is 23.4 Å². The first kappa shape index (κ1) is 12.4. The Hall–Kier alpha value is -1.68. The van der Waals surface area contributed by atoms with Gasteiger partial charge in [-0.05, 0) is 50.3 Å². The molecule has 2 aliphatic rings. The minimum Gasteiger partial charge on any atom is -0.391 e. The molecule has 4 heteroatoms. The van der Waals surface area contributed by atoms with Crippen molar-refractivity contribution in [2.75, 3.05) is 4.90 Å². The predicted octanol–water partition coefficient (Wildman–Crippen LogP) is 1.75. The molecule has 1 aliphatic heterocycles. The minimum atomic E-state index is -0.525. The Balaban J connectivity index is 2.14. The molecule has 1 fully saturated rings. The van der Waals surface area contributed by atoms with Gasteiger partial charge in [0.2, 0.25) is 0 Å². The quantitative estimate of drug-likeness (QED) is 0.782. The topological polar surface area (TPSA) is 57.6 Å². The largest absolute Gasteiger partial charge is 0.391 e. The lowest BCUT2D eigenvalue weighted by atomic mass is 10.0. The van der Waals surface area contributed by atoms with Crippen molar-refractivity contribution in [1.29, 1.82) is 0 Å². The molecule has 1 aromatic rings.